The Balaban J connectivity index is 1.85. The van der Waals surface area contributed by atoms with E-state index in [4.69, 9.17) is 5.11 Å². The molecule has 1 aromatic heterocycles. The van der Waals surface area contributed by atoms with Crippen LogP contribution < -0.4 is 5.32 Å². The third-order valence-corrected chi connectivity index (χ3v) is 2.93. The molecule has 0 bridgehead atoms. The van der Waals surface area contributed by atoms with Gasteiger partial charge in [0, 0.05) is 45.0 Å². The highest BCUT2D eigenvalue weighted by Crippen LogP contribution is 2.06. The van der Waals surface area contributed by atoms with Crippen LogP contribution in [0, 0.1) is 0 Å². The number of piperazine rings is 1. The summed E-state index contributed by atoms with van der Waals surface area (Å²) in [5.41, 5.74) is 1.12. The van der Waals surface area contributed by atoms with Crippen LogP contribution in [0.25, 0.3) is 0 Å². The number of nitrogens with zero attached hydrogens (tertiary/aromatic N) is 2. The molecule has 2 rings (SSSR count). The number of nitrogens with one attached hydrogen (secondary N) is 1. The van der Waals surface area contributed by atoms with E-state index in [9.17, 15) is 0 Å². The smallest absolute Gasteiger partial charge is 0.0543 e. The summed E-state index contributed by atoms with van der Waals surface area (Å²) in [6, 6.07) is 6.44. The zero-order valence-electron chi connectivity index (χ0n) is 9.47. The maximum Gasteiger partial charge on any atom is 0.0543 e. The van der Waals surface area contributed by atoms with Crippen molar-refractivity contribution in [3.8, 4) is 0 Å². The topological polar surface area (TPSA) is 48.4 Å². The van der Waals surface area contributed by atoms with Crippen molar-refractivity contribution in [2.45, 2.75) is 19.0 Å². The molecular formula is C12H19N3O. The molecule has 0 radical (unpaired) electrons. The number of aromatic nitrogens is 1. The summed E-state index contributed by atoms with van der Waals surface area (Å²) in [7, 11) is 0. The van der Waals surface area contributed by atoms with Crippen LogP contribution in [0.5, 0.6) is 0 Å². The van der Waals surface area contributed by atoms with Gasteiger partial charge in [0.15, 0.2) is 0 Å². The molecule has 1 aliphatic heterocycles. The largest absolute Gasteiger partial charge is 0.396 e. The average molecular weight is 221 g/mol. The molecule has 4 heteroatoms. The lowest BCUT2D eigenvalue weighted by Crippen LogP contribution is -2.50. The van der Waals surface area contributed by atoms with Crippen molar-refractivity contribution < 1.29 is 5.11 Å². The normalized spacial score (nSPS) is 22.2. The van der Waals surface area contributed by atoms with Crippen molar-refractivity contribution >= 4 is 0 Å². The molecule has 0 aliphatic carbocycles. The fraction of sp³-hybridized carbons (Fsp3) is 0.583. The van der Waals surface area contributed by atoms with E-state index in [0.29, 0.717) is 6.04 Å². The summed E-state index contributed by atoms with van der Waals surface area (Å²) >= 11 is 0. The summed E-state index contributed by atoms with van der Waals surface area (Å²) in [6.45, 7) is 4.21. The predicted molar refractivity (Wildman–Crippen MR) is 63.0 cm³/mol. The highest BCUT2D eigenvalue weighted by molar-refractivity contribution is 5.03. The summed E-state index contributed by atoms with van der Waals surface area (Å²) in [5, 5.41) is 12.3. The lowest BCUT2D eigenvalue weighted by Gasteiger charge is -2.33. The standard InChI is InChI=1S/C12H19N3O/c16-8-4-12-10-15(7-6-14-12)9-11-3-1-2-5-13-11/h1-3,5,12,14,16H,4,6-10H2. The van der Waals surface area contributed by atoms with Crippen LogP contribution in [0.3, 0.4) is 0 Å². The van der Waals surface area contributed by atoms with Gasteiger partial charge < -0.3 is 10.4 Å². The molecule has 4 nitrogen and oxygen atoms in total. The molecule has 0 aromatic carbocycles. The van der Waals surface area contributed by atoms with Crippen molar-refractivity contribution in [2.75, 3.05) is 26.2 Å². The van der Waals surface area contributed by atoms with E-state index in [2.05, 4.69) is 21.3 Å². The molecule has 0 amide bonds. The van der Waals surface area contributed by atoms with Gasteiger partial charge in [0.2, 0.25) is 0 Å². The number of pyridine rings is 1. The predicted octanol–water partition coefficient (Wildman–Crippen LogP) is 0.238. The van der Waals surface area contributed by atoms with Crippen molar-refractivity contribution in [2.24, 2.45) is 0 Å². The zero-order valence-corrected chi connectivity index (χ0v) is 9.47. The van der Waals surface area contributed by atoms with Gasteiger partial charge >= 0.3 is 0 Å². The Labute approximate surface area is 96.3 Å². The Hall–Kier alpha value is -0.970. The fourth-order valence-corrected chi connectivity index (χ4v) is 2.11. The van der Waals surface area contributed by atoms with E-state index in [0.717, 1.165) is 38.3 Å². The van der Waals surface area contributed by atoms with Gasteiger partial charge in [0.25, 0.3) is 0 Å². The third kappa shape index (κ3) is 3.27. The van der Waals surface area contributed by atoms with Crippen molar-refractivity contribution in [3.63, 3.8) is 0 Å². The van der Waals surface area contributed by atoms with E-state index >= 15 is 0 Å². The van der Waals surface area contributed by atoms with Gasteiger partial charge in [-0.15, -0.1) is 0 Å². The maximum atomic E-state index is 8.92. The second kappa shape index (κ2) is 5.94. The number of hydrogen-bond donors (Lipinski definition) is 2. The molecule has 2 N–H and O–H groups in total. The molecule has 0 saturated carbocycles. The maximum absolute atomic E-state index is 8.92. The summed E-state index contributed by atoms with van der Waals surface area (Å²) in [4.78, 5) is 6.72. The SMILES string of the molecule is OCCC1CN(Cc2ccccn2)CCN1. The first-order chi connectivity index (χ1) is 7.88. The summed E-state index contributed by atoms with van der Waals surface area (Å²) in [6.07, 6.45) is 2.67. The number of hydrogen-bond acceptors (Lipinski definition) is 4. The molecule has 1 fully saturated rings. The average Bonchev–Trinajstić information content (AvgIpc) is 2.31. The van der Waals surface area contributed by atoms with Crippen LogP contribution in [-0.2, 0) is 6.54 Å². The Morgan fingerprint density at radius 2 is 2.44 bits per heavy atom. The van der Waals surface area contributed by atoms with Gasteiger partial charge in [0.1, 0.15) is 0 Å². The molecule has 16 heavy (non-hydrogen) atoms. The number of aliphatic hydroxyl groups is 1. The van der Waals surface area contributed by atoms with Crippen molar-refractivity contribution in [1.29, 1.82) is 0 Å². The van der Waals surface area contributed by atoms with E-state index in [1.807, 2.05) is 18.3 Å². The Morgan fingerprint density at radius 1 is 1.50 bits per heavy atom. The van der Waals surface area contributed by atoms with E-state index < -0.39 is 0 Å². The quantitative estimate of drug-likeness (QED) is 0.764. The monoisotopic (exact) mass is 221 g/mol. The van der Waals surface area contributed by atoms with Crippen molar-refractivity contribution in [1.82, 2.24) is 15.2 Å². The highest BCUT2D eigenvalue weighted by atomic mass is 16.3. The van der Waals surface area contributed by atoms with Crippen LogP contribution in [0.2, 0.25) is 0 Å². The van der Waals surface area contributed by atoms with Gasteiger partial charge in [-0.05, 0) is 18.6 Å². The molecular weight excluding hydrogens is 202 g/mol. The molecule has 1 aromatic rings. The second-order valence-electron chi connectivity index (χ2n) is 4.22. The number of rotatable bonds is 4. The van der Waals surface area contributed by atoms with Gasteiger partial charge in [-0.25, -0.2) is 0 Å². The highest BCUT2D eigenvalue weighted by Gasteiger charge is 2.18. The van der Waals surface area contributed by atoms with Crippen LogP contribution in [0.4, 0.5) is 0 Å². The van der Waals surface area contributed by atoms with Crippen LogP contribution in [0.1, 0.15) is 12.1 Å². The molecule has 88 valence electrons. The molecule has 1 aliphatic rings. The minimum Gasteiger partial charge on any atom is -0.396 e. The third-order valence-electron chi connectivity index (χ3n) is 2.93. The second-order valence-corrected chi connectivity index (χ2v) is 4.22. The first-order valence-electron chi connectivity index (χ1n) is 5.85. The minimum absolute atomic E-state index is 0.259. The molecule has 1 saturated heterocycles. The summed E-state index contributed by atoms with van der Waals surface area (Å²) < 4.78 is 0. The summed E-state index contributed by atoms with van der Waals surface area (Å²) in [5.74, 6) is 0. The van der Waals surface area contributed by atoms with Crippen LogP contribution in [0.15, 0.2) is 24.4 Å². The van der Waals surface area contributed by atoms with E-state index in [1.165, 1.54) is 0 Å². The Bertz CT molecular complexity index is 302. The van der Waals surface area contributed by atoms with Gasteiger partial charge in [0.05, 0.1) is 5.69 Å². The Kier molecular flexibility index (Phi) is 4.27. The van der Waals surface area contributed by atoms with Gasteiger partial charge in [-0.3, -0.25) is 9.88 Å². The van der Waals surface area contributed by atoms with E-state index in [1.54, 1.807) is 0 Å². The molecule has 0 spiro atoms. The molecule has 2 heterocycles. The zero-order chi connectivity index (χ0) is 11.2. The molecule has 1 unspecified atom stereocenters. The fourth-order valence-electron chi connectivity index (χ4n) is 2.11. The first kappa shape index (κ1) is 11.5. The van der Waals surface area contributed by atoms with Gasteiger partial charge in [-0.1, -0.05) is 6.07 Å². The van der Waals surface area contributed by atoms with Crippen LogP contribution in [-0.4, -0.2) is 47.3 Å². The first-order valence-corrected chi connectivity index (χ1v) is 5.85. The number of aliphatic hydroxyl groups excluding tert-OH is 1. The van der Waals surface area contributed by atoms with Gasteiger partial charge in [-0.2, -0.15) is 0 Å². The molecule has 1 atom stereocenters. The lowest BCUT2D eigenvalue weighted by atomic mass is 10.1. The van der Waals surface area contributed by atoms with Crippen molar-refractivity contribution in [3.05, 3.63) is 30.1 Å². The Morgan fingerprint density at radius 3 is 3.19 bits per heavy atom. The minimum atomic E-state index is 0.259. The lowest BCUT2D eigenvalue weighted by molar-refractivity contribution is 0.166. The van der Waals surface area contributed by atoms with Crippen LogP contribution >= 0.6 is 0 Å². The van der Waals surface area contributed by atoms with E-state index in [-0.39, 0.29) is 6.61 Å².